The zero-order valence-corrected chi connectivity index (χ0v) is 16.9. The molecule has 4 rings (SSSR count). The smallest absolute Gasteiger partial charge is 0.168 e. The molecular formula is C23H25ClN2O. The molecule has 0 saturated heterocycles. The second kappa shape index (κ2) is 6.20. The van der Waals surface area contributed by atoms with Gasteiger partial charge >= 0.3 is 0 Å². The highest BCUT2D eigenvalue weighted by Gasteiger charge is 2.49. The third kappa shape index (κ3) is 2.63. The van der Waals surface area contributed by atoms with Crippen molar-refractivity contribution < 1.29 is 4.79 Å². The first kappa shape index (κ1) is 18.2. The second-order valence-electron chi connectivity index (χ2n) is 8.42. The van der Waals surface area contributed by atoms with E-state index in [0.29, 0.717) is 11.4 Å². The number of hydrogen-bond acceptors (Lipinski definition) is 3. The molecule has 1 aromatic carbocycles. The summed E-state index contributed by atoms with van der Waals surface area (Å²) in [6.45, 7) is 9.94. The van der Waals surface area contributed by atoms with Gasteiger partial charge in [-0.25, -0.2) is 0 Å². The highest BCUT2D eigenvalue weighted by Crippen LogP contribution is 2.50. The third-order valence-corrected chi connectivity index (χ3v) is 6.42. The molecule has 1 atom stereocenters. The molecule has 1 aliphatic heterocycles. The lowest BCUT2D eigenvalue weighted by Crippen LogP contribution is -2.55. The Balaban J connectivity index is 2.05. The fourth-order valence-electron chi connectivity index (χ4n) is 4.87. The molecule has 27 heavy (non-hydrogen) atoms. The number of nitrogens with zero attached hydrogens (tertiary/aromatic N) is 1. The highest BCUT2D eigenvalue weighted by atomic mass is 35.5. The van der Waals surface area contributed by atoms with Crippen molar-refractivity contribution in [2.24, 2.45) is 0 Å². The molecule has 3 nitrogen and oxygen atoms in total. The summed E-state index contributed by atoms with van der Waals surface area (Å²) in [6.07, 6.45) is 9.11. The van der Waals surface area contributed by atoms with Crippen LogP contribution in [0.4, 0.5) is 5.69 Å². The van der Waals surface area contributed by atoms with E-state index in [-0.39, 0.29) is 5.78 Å². The van der Waals surface area contributed by atoms with Gasteiger partial charge in [0.05, 0.1) is 16.0 Å². The SMILES string of the molecule is C=CCC1(C)C(=O)C(C)(C)Nc2c1cc(-c1ccncc1Cl)c1c2CCC1. The number of carbonyl (C=O) groups is 1. The van der Waals surface area contributed by atoms with E-state index in [1.807, 2.05) is 26.0 Å². The Morgan fingerprint density at radius 3 is 2.70 bits per heavy atom. The molecule has 1 aromatic heterocycles. The Kier molecular flexibility index (Phi) is 4.19. The van der Waals surface area contributed by atoms with Gasteiger partial charge in [-0.15, -0.1) is 6.58 Å². The van der Waals surface area contributed by atoms with Crippen molar-refractivity contribution >= 4 is 23.1 Å². The number of Topliss-reactive ketones (excluding diaryl/α,β-unsaturated/α-hetero) is 1. The first-order valence-electron chi connectivity index (χ1n) is 9.52. The Labute approximate surface area is 165 Å². The molecule has 0 amide bonds. The Hall–Kier alpha value is -2.13. The predicted octanol–water partition coefficient (Wildman–Crippen LogP) is 5.50. The Morgan fingerprint density at radius 2 is 2.00 bits per heavy atom. The van der Waals surface area contributed by atoms with Crippen molar-refractivity contribution in [2.75, 3.05) is 5.32 Å². The number of aromatic nitrogens is 1. The van der Waals surface area contributed by atoms with Gasteiger partial charge in [0.15, 0.2) is 5.78 Å². The van der Waals surface area contributed by atoms with E-state index in [1.165, 1.54) is 11.1 Å². The van der Waals surface area contributed by atoms with Crippen LogP contribution in [0.5, 0.6) is 0 Å². The second-order valence-corrected chi connectivity index (χ2v) is 8.82. The molecule has 4 heteroatoms. The lowest BCUT2D eigenvalue weighted by Gasteiger charge is -2.44. The van der Waals surface area contributed by atoms with Crippen molar-refractivity contribution in [1.29, 1.82) is 0 Å². The summed E-state index contributed by atoms with van der Waals surface area (Å²) in [5, 5.41) is 4.21. The Morgan fingerprint density at radius 1 is 1.26 bits per heavy atom. The van der Waals surface area contributed by atoms with Crippen molar-refractivity contribution in [2.45, 2.75) is 57.4 Å². The van der Waals surface area contributed by atoms with E-state index in [2.05, 4.69) is 29.9 Å². The number of ketones is 1. The lowest BCUT2D eigenvalue weighted by molar-refractivity contribution is -0.128. The summed E-state index contributed by atoms with van der Waals surface area (Å²) < 4.78 is 0. The van der Waals surface area contributed by atoms with E-state index < -0.39 is 11.0 Å². The average molecular weight is 381 g/mol. The van der Waals surface area contributed by atoms with E-state index in [0.717, 1.165) is 41.6 Å². The minimum Gasteiger partial charge on any atom is -0.373 e. The summed E-state index contributed by atoms with van der Waals surface area (Å²) in [6, 6.07) is 4.15. The molecule has 2 aromatic rings. The summed E-state index contributed by atoms with van der Waals surface area (Å²) in [4.78, 5) is 17.5. The van der Waals surface area contributed by atoms with Crippen LogP contribution in [0.2, 0.25) is 5.02 Å². The fourth-order valence-corrected chi connectivity index (χ4v) is 5.09. The molecule has 0 radical (unpaired) electrons. The number of fused-ring (bicyclic) bond motifs is 3. The largest absolute Gasteiger partial charge is 0.373 e. The number of hydrogen-bond donors (Lipinski definition) is 1. The molecule has 140 valence electrons. The number of anilines is 1. The van der Waals surface area contributed by atoms with Gasteiger partial charge in [-0.05, 0) is 80.8 Å². The lowest BCUT2D eigenvalue weighted by atomic mass is 9.65. The zero-order valence-electron chi connectivity index (χ0n) is 16.2. The van der Waals surface area contributed by atoms with Gasteiger partial charge in [-0.2, -0.15) is 0 Å². The number of nitrogens with one attached hydrogen (secondary N) is 1. The van der Waals surface area contributed by atoms with Crippen molar-refractivity contribution in [1.82, 2.24) is 4.98 Å². The van der Waals surface area contributed by atoms with Crippen LogP contribution < -0.4 is 5.32 Å². The normalized spacial score (nSPS) is 22.7. The molecule has 0 fully saturated rings. The monoisotopic (exact) mass is 380 g/mol. The van der Waals surface area contributed by atoms with E-state index in [4.69, 9.17) is 11.6 Å². The van der Waals surface area contributed by atoms with E-state index in [1.54, 1.807) is 12.4 Å². The van der Waals surface area contributed by atoms with Gasteiger partial charge in [-0.3, -0.25) is 9.78 Å². The summed E-state index contributed by atoms with van der Waals surface area (Å²) >= 11 is 6.49. The molecule has 2 heterocycles. The molecule has 1 aliphatic carbocycles. The quantitative estimate of drug-likeness (QED) is 0.715. The number of pyridine rings is 1. The summed E-state index contributed by atoms with van der Waals surface area (Å²) in [7, 11) is 0. The van der Waals surface area contributed by atoms with Gasteiger partial charge in [0, 0.05) is 23.6 Å². The van der Waals surface area contributed by atoms with E-state index >= 15 is 0 Å². The molecule has 0 bridgehead atoms. The number of benzene rings is 1. The van der Waals surface area contributed by atoms with Gasteiger partial charge in [0.2, 0.25) is 0 Å². The number of halogens is 1. The maximum absolute atomic E-state index is 13.4. The topological polar surface area (TPSA) is 42.0 Å². The maximum Gasteiger partial charge on any atom is 0.168 e. The standard InChI is InChI=1S/C23H25ClN2O/c1-5-10-23(4)18-12-17(15-9-11-25-13-19(15)24)14-7-6-8-16(14)20(18)26-22(2,3)21(23)27/h5,9,11-13,26H,1,6-8,10H2,2-4H3. The summed E-state index contributed by atoms with van der Waals surface area (Å²) in [5.41, 5.74) is 5.82. The third-order valence-electron chi connectivity index (χ3n) is 6.12. The van der Waals surface area contributed by atoms with Gasteiger partial charge in [-0.1, -0.05) is 17.7 Å². The van der Waals surface area contributed by atoms with Crippen LogP contribution in [-0.2, 0) is 23.1 Å². The minimum absolute atomic E-state index is 0.201. The van der Waals surface area contributed by atoms with Gasteiger partial charge in [0.1, 0.15) is 0 Å². The first-order chi connectivity index (χ1) is 12.8. The maximum atomic E-state index is 13.4. The molecule has 1 unspecified atom stereocenters. The first-order valence-corrected chi connectivity index (χ1v) is 9.90. The van der Waals surface area contributed by atoms with Crippen LogP contribution in [-0.4, -0.2) is 16.3 Å². The van der Waals surface area contributed by atoms with Gasteiger partial charge in [0.25, 0.3) is 0 Å². The van der Waals surface area contributed by atoms with Crippen LogP contribution in [0.25, 0.3) is 11.1 Å². The van der Waals surface area contributed by atoms with E-state index in [9.17, 15) is 4.79 Å². The molecule has 2 aliphatic rings. The van der Waals surface area contributed by atoms with Crippen molar-refractivity contribution in [3.05, 3.63) is 58.9 Å². The van der Waals surface area contributed by atoms with Crippen LogP contribution in [0.1, 0.15) is 50.3 Å². The van der Waals surface area contributed by atoms with Crippen LogP contribution in [0, 0.1) is 0 Å². The Bertz CT molecular complexity index is 963. The molecular weight excluding hydrogens is 356 g/mol. The van der Waals surface area contributed by atoms with Crippen molar-refractivity contribution in [3.8, 4) is 11.1 Å². The number of allylic oxidation sites excluding steroid dienone is 1. The number of rotatable bonds is 3. The average Bonchev–Trinajstić information content (AvgIpc) is 3.11. The van der Waals surface area contributed by atoms with Crippen LogP contribution >= 0.6 is 11.6 Å². The number of carbonyl (C=O) groups excluding carboxylic acids is 1. The minimum atomic E-state index is -0.600. The predicted molar refractivity (Wildman–Crippen MR) is 112 cm³/mol. The molecule has 1 N–H and O–H groups in total. The zero-order chi connectivity index (χ0) is 19.4. The van der Waals surface area contributed by atoms with Crippen LogP contribution in [0.3, 0.4) is 0 Å². The molecule has 0 spiro atoms. The highest BCUT2D eigenvalue weighted by molar-refractivity contribution is 6.33. The van der Waals surface area contributed by atoms with Crippen molar-refractivity contribution in [3.63, 3.8) is 0 Å². The summed E-state index contributed by atoms with van der Waals surface area (Å²) in [5.74, 6) is 0.201. The fraction of sp³-hybridized carbons (Fsp3) is 0.391. The van der Waals surface area contributed by atoms with Crippen LogP contribution in [0.15, 0.2) is 37.2 Å². The molecule has 0 saturated carbocycles. The van der Waals surface area contributed by atoms with Gasteiger partial charge < -0.3 is 5.32 Å².